The number of hydrogen-bond donors (Lipinski definition) is 2. The predicted molar refractivity (Wildman–Crippen MR) is 99.4 cm³/mol. The lowest BCUT2D eigenvalue weighted by molar-refractivity contribution is 0.251. The lowest BCUT2D eigenvalue weighted by Crippen LogP contribution is -2.34. The highest BCUT2D eigenvalue weighted by Gasteiger charge is 2.16. The fourth-order valence-electron chi connectivity index (χ4n) is 3.13. The number of piperidine rings is 1. The molecule has 126 valence electrons. The van der Waals surface area contributed by atoms with Gasteiger partial charge in [-0.15, -0.1) is 0 Å². The third-order valence-electron chi connectivity index (χ3n) is 4.44. The molecule has 1 heterocycles. The first kappa shape index (κ1) is 16.4. The van der Waals surface area contributed by atoms with E-state index >= 15 is 0 Å². The first-order valence-corrected chi connectivity index (χ1v) is 8.64. The van der Waals surface area contributed by atoms with Gasteiger partial charge in [-0.05, 0) is 48.6 Å². The van der Waals surface area contributed by atoms with Gasteiger partial charge < -0.3 is 15.5 Å². The zero-order valence-electron chi connectivity index (χ0n) is 14.2. The molecule has 2 aromatic rings. The zero-order chi connectivity index (χ0) is 16.8. The maximum absolute atomic E-state index is 11.9. The average molecular weight is 323 g/mol. The van der Waals surface area contributed by atoms with Crippen LogP contribution in [0.5, 0.6) is 0 Å². The van der Waals surface area contributed by atoms with Gasteiger partial charge in [0.15, 0.2) is 0 Å². The highest BCUT2D eigenvalue weighted by atomic mass is 16.2. The van der Waals surface area contributed by atoms with Crippen LogP contribution in [0.4, 0.5) is 16.2 Å². The van der Waals surface area contributed by atoms with Crippen molar-refractivity contribution >= 4 is 17.4 Å². The number of carbonyl (C=O) groups excluding carboxylic acids is 1. The summed E-state index contributed by atoms with van der Waals surface area (Å²) in [7, 11) is 0. The minimum Gasteiger partial charge on any atom is -0.371 e. The topological polar surface area (TPSA) is 44.4 Å². The summed E-state index contributed by atoms with van der Waals surface area (Å²) in [4.78, 5) is 14.4. The normalized spacial score (nSPS) is 17.4. The van der Waals surface area contributed by atoms with Crippen molar-refractivity contribution in [2.45, 2.75) is 26.3 Å². The Hall–Kier alpha value is -2.49. The minimum absolute atomic E-state index is 0.185. The number of para-hydroxylation sites is 1. The lowest BCUT2D eigenvalue weighted by Gasteiger charge is -2.32. The minimum atomic E-state index is -0.185. The van der Waals surface area contributed by atoms with E-state index in [1.165, 1.54) is 18.5 Å². The first-order chi connectivity index (χ1) is 11.7. The second kappa shape index (κ2) is 7.86. The van der Waals surface area contributed by atoms with E-state index in [-0.39, 0.29) is 6.03 Å². The molecule has 2 aromatic carbocycles. The molecule has 1 unspecified atom stereocenters. The standard InChI is InChI=1S/C20H25N3O/c1-16-6-5-13-23(15-16)19-11-9-17(10-12-19)14-21-20(24)22-18-7-3-2-4-8-18/h2-4,7-12,16H,5-6,13-15H2,1H3,(H2,21,22,24). The molecular formula is C20H25N3O. The third kappa shape index (κ3) is 4.51. The molecule has 4 heteroatoms. The average Bonchev–Trinajstić information content (AvgIpc) is 2.61. The van der Waals surface area contributed by atoms with Crippen LogP contribution in [0.25, 0.3) is 0 Å². The summed E-state index contributed by atoms with van der Waals surface area (Å²) in [6, 6.07) is 17.8. The fraction of sp³-hybridized carbons (Fsp3) is 0.350. The Kier molecular flexibility index (Phi) is 5.36. The molecule has 3 rings (SSSR count). The molecule has 1 aliphatic rings. The van der Waals surface area contributed by atoms with Gasteiger partial charge in [0.1, 0.15) is 0 Å². The van der Waals surface area contributed by atoms with E-state index in [1.807, 2.05) is 30.3 Å². The molecule has 4 nitrogen and oxygen atoms in total. The van der Waals surface area contributed by atoms with E-state index < -0.39 is 0 Å². The number of hydrogen-bond acceptors (Lipinski definition) is 2. The maximum Gasteiger partial charge on any atom is 0.319 e. The van der Waals surface area contributed by atoms with Crippen molar-refractivity contribution in [1.29, 1.82) is 0 Å². The summed E-state index contributed by atoms with van der Waals surface area (Å²) in [6.45, 7) is 5.11. The van der Waals surface area contributed by atoms with Crippen LogP contribution >= 0.6 is 0 Å². The molecule has 1 fully saturated rings. The number of anilines is 2. The summed E-state index contributed by atoms with van der Waals surface area (Å²) in [5, 5.41) is 5.71. The quantitative estimate of drug-likeness (QED) is 0.883. The third-order valence-corrected chi connectivity index (χ3v) is 4.44. The van der Waals surface area contributed by atoms with Crippen LogP contribution < -0.4 is 15.5 Å². The molecule has 24 heavy (non-hydrogen) atoms. The molecule has 1 aliphatic heterocycles. The van der Waals surface area contributed by atoms with Crippen molar-refractivity contribution in [3.63, 3.8) is 0 Å². The van der Waals surface area contributed by atoms with Crippen molar-refractivity contribution in [1.82, 2.24) is 5.32 Å². The van der Waals surface area contributed by atoms with Crippen LogP contribution in [0.3, 0.4) is 0 Å². The molecule has 2 N–H and O–H groups in total. The van der Waals surface area contributed by atoms with Crippen molar-refractivity contribution in [3.8, 4) is 0 Å². The SMILES string of the molecule is CC1CCCN(c2ccc(CNC(=O)Nc3ccccc3)cc2)C1. The second-order valence-corrected chi connectivity index (χ2v) is 6.53. The number of benzene rings is 2. The van der Waals surface area contributed by atoms with Gasteiger partial charge in [0.05, 0.1) is 0 Å². The molecule has 2 amide bonds. The fourth-order valence-corrected chi connectivity index (χ4v) is 3.13. The van der Waals surface area contributed by atoms with E-state index in [2.05, 4.69) is 46.7 Å². The van der Waals surface area contributed by atoms with Crippen molar-refractivity contribution in [2.75, 3.05) is 23.3 Å². The summed E-state index contributed by atoms with van der Waals surface area (Å²) in [6.07, 6.45) is 2.60. The molecular weight excluding hydrogens is 298 g/mol. The largest absolute Gasteiger partial charge is 0.371 e. The van der Waals surface area contributed by atoms with Gasteiger partial charge in [0, 0.05) is 31.0 Å². The van der Waals surface area contributed by atoms with Gasteiger partial charge in [-0.1, -0.05) is 37.3 Å². The Bertz CT molecular complexity index is 654. The Morgan fingerprint density at radius 1 is 1.12 bits per heavy atom. The number of urea groups is 1. The Morgan fingerprint density at radius 2 is 1.88 bits per heavy atom. The van der Waals surface area contributed by atoms with Crippen LogP contribution in [0.15, 0.2) is 54.6 Å². The van der Waals surface area contributed by atoms with Gasteiger partial charge in [0.25, 0.3) is 0 Å². The van der Waals surface area contributed by atoms with Crippen molar-refractivity contribution < 1.29 is 4.79 Å². The number of nitrogens with zero attached hydrogens (tertiary/aromatic N) is 1. The molecule has 0 bridgehead atoms. The Morgan fingerprint density at radius 3 is 2.58 bits per heavy atom. The summed E-state index contributed by atoms with van der Waals surface area (Å²) in [5.41, 5.74) is 3.18. The zero-order valence-corrected chi connectivity index (χ0v) is 14.2. The summed E-state index contributed by atoms with van der Waals surface area (Å²) >= 11 is 0. The van der Waals surface area contributed by atoms with Gasteiger partial charge in [0.2, 0.25) is 0 Å². The number of nitrogens with one attached hydrogen (secondary N) is 2. The predicted octanol–water partition coefficient (Wildman–Crippen LogP) is 4.24. The molecule has 0 aliphatic carbocycles. The van der Waals surface area contributed by atoms with E-state index in [4.69, 9.17) is 0 Å². The van der Waals surface area contributed by atoms with Crippen LogP contribution in [-0.2, 0) is 6.54 Å². The maximum atomic E-state index is 11.9. The van der Waals surface area contributed by atoms with Crippen molar-refractivity contribution in [2.24, 2.45) is 5.92 Å². The number of carbonyl (C=O) groups is 1. The van der Waals surface area contributed by atoms with Gasteiger partial charge in [-0.3, -0.25) is 0 Å². The Balaban J connectivity index is 1.50. The summed E-state index contributed by atoms with van der Waals surface area (Å²) < 4.78 is 0. The van der Waals surface area contributed by atoms with E-state index in [9.17, 15) is 4.79 Å². The van der Waals surface area contributed by atoms with Crippen LogP contribution in [-0.4, -0.2) is 19.1 Å². The molecule has 0 aromatic heterocycles. The lowest BCUT2D eigenvalue weighted by atomic mass is 9.99. The van der Waals surface area contributed by atoms with E-state index in [0.717, 1.165) is 30.3 Å². The molecule has 1 saturated heterocycles. The Labute approximate surface area is 143 Å². The van der Waals surface area contributed by atoms with E-state index in [1.54, 1.807) is 0 Å². The van der Waals surface area contributed by atoms with Crippen LogP contribution in [0, 0.1) is 5.92 Å². The molecule has 0 radical (unpaired) electrons. The van der Waals surface area contributed by atoms with E-state index in [0.29, 0.717) is 6.54 Å². The highest BCUT2D eigenvalue weighted by Crippen LogP contribution is 2.23. The first-order valence-electron chi connectivity index (χ1n) is 8.64. The highest BCUT2D eigenvalue weighted by molar-refractivity contribution is 5.89. The molecule has 0 spiro atoms. The number of rotatable bonds is 4. The summed E-state index contributed by atoms with van der Waals surface area (Å²) in [5.74, 6) is 0.766. The van der Waals surface area contributed by atoms with Crippen LogP contribution in [0.1, 0.15) is 25.3 Å². The monoisotopic (exact) mass is 323 g/mol. The van der Waals surface area contributed by atoms with Gasteiger partial charge in [-0.2, -0.15) is 0 Å². The molecule has 0 saturated carbocycles. The van der Waals surface area contributed by atoms with Gasteiger partial charge in [-0.25, -0.2) is 4.79 Å². The second-order valence-electron chi connectivity index (χ2n) is 6.53. The van der Waals surface area contributed by atoms with Crippen LogP contribution in [0.2, 0.25) is 0 Å². The number of amides is 2. The smallest absolute Gasteiger partial charge is 0.319 e. The van der Waals surface area contributed by atoms with Gasteiger partial charge >= 0.3 is 6.03 Å². The molecule has 1 atom stereocenters. The van der Waals surface area contributed by atoms with Crippen molar-refractivity contribution in [3.05, 3.63) is 60.2 Å².